The molecule has 1 fully saturated rings. The Morgan fingerprint density at radius 2 is 2.21 bits per heavy atom. The lowest BCUT2D eigenvalue weighted by atomic mass is 9.99. The van der Waals surface area contributed by atoms with E-state index in [1.54, 1.807) is 6.07 Å². The number of carbonyl (C=O) groups is 1. The van der Waals surface area contributed by atoms with Crippen LogP contribution in [0.3, 0.4) is 0 Å². The normalized spacial score (nSPS) is 20.5. The van der Waals surface area contributed by atoms with Crippen molar-refractivity contribution in [2.24, 2.45) is 16.8 Å². The highest BCUT2D eigenvalue weighted by Gasteiger charge is 2.36. The number of nitrogens with one attached hydrogen (secondary N) is 1. The first-order valence-corrected chi connectivity index (χ1v) is 7.90. The summed E-state index contributed by atoms with van der Waals surface area (Å²) in [7, 11) is 1.42. The van der Waals surface area contributed by atoms with Gasteiger partial charge in [-0.3, -0.25) is 4.79 Å². The lowest BCUT2D eigenvalue weighted by Gasteiger charge is -2.21. The highest BCUT2D eigenvalue weighted by atomic mass is 127. The summed E-state index contributed by atoms with van der Waals surface area (Å²) < 4.78 is 18.1. The van der Waals surface area contributed by atoms with Crippen molar-refractivity contribution in [1.29, 1.82) is 0 Å². The molecule has 1 aromatic rings. The van der Waals surface area contributed by atoms with Crippen molar-refractivity contribution in [3.63, 3.8) is 0 Å². The molecule has 7 heteroatoms. The second-order valence-electron chi connectivity index (χ2n) is 5.81. The molecular weight excluding hydrogens is 424 g/mol. The highest BCUT2D eigenvalue weighted by molar-refractivity contribution is 14.0. The second-order valence-corrected chi connectivity index (χ2v) is 5.81. The first kappa shape index (κ1) is 20.7. The molecule has 1 aliphatic heterocycles. The number of halogens is 2. The quantitative estimate of drug-likeness (QED) is 0.333. The number of carbonyl (C=O) groups excluding carboxylic acids is 1. The number of nitrogens with zero attached hydrogens (tertiary/aromatic N) is 2. The van der Waals surface area contributed by atoms with Crippen LogP contribution in [-0.2, 0) is 16.1 Å². The molecule has 5 nitrogen and oxygen atoms in total. The van der Waals surface area contributed by atoms with Gasteiger partial charge in [-0.15, -0.1) is 24.0 Å². The number of aliphatic imine (C=N–C) groups is 1. The SMILES string of the molecule is CCNC(=NCc1cccc(F)c1)N1CC(C)C(C(=O)OC)C1.I. The molecule has 0 bridgehead atoms. The van der Waals surface area contributed by atoms with E-state index in [1.165, 1.54) is 19.2 Å². The Morgan fingerprint density at radius 1 is 1.46 bits per heavy atom. The standard InChI is InChI=1S/C17H24FN3O2.HI/c1-4-19-17(20-9-13-6-5-7-14(18)8-13)21-10-12(2)15(11-21)16(22)23-3;/h5-8,12,15H,4,9-11H2,1-3H3,(H,19,20);1H. The van der Waals surface area contributed by atoms with E-state index in [9.17, 15) is 9.18 Å². The van der Waals surface area contributed by atoms with Crippen LogP contribution in [0.1, 0.15) is 19.4 Å². The van der Waals surface area contributed by atoms with Crippen molar-refractivity contribution in [3.05, 3.63) is 35.6 Å². The molecule has 0 saturated carbocycles. The number of benzene rings is 1. The summed E-state index contributed by atoms with van der Waals surface area (Å²) in [5.74, 6) is 0.373. The Labute approximate surface area is 159 Å². The van der Waals surface area contributed by atoms with Gasteiger partial charge in [-0.25, -0.2) is 9.38 Å². The minimum Gasteiger partial charge on any atom is -0.469 e. The summed E-state index contributed by atoms with van der Waals surface area (Å²) in [5, 5.41) is 3.24. The van der Waals surface area contributed by atoms with Gasteiger partial charge in [0.25, 0.3) is 0 Å². The van der Waals surface area contributed by atoms with Gasteiger partial charge in [0.05, 0.1) is 19.6 Å². The molecule has 134 valence electrons. The van der Waals surface area contributed by atoms with Gasteiger partial charge in [-0.05, 0) is 30.5 Å². The largest absolute Gasteiger partial charge is 0.469 e. The molecule has 0 aromatic heterocycles. The Morgan fingerprint density at radius 3 is 2.83 bits per heavy atom. The molecule has 0 aliphatic carbocycles. The van der Waals surface area contributed by atoms with Crippen molar-refractivity contribution in [1.82, 2.24) is 10.2 Å². The van der Waals surface area contributed by atoms with Crippen LogP contribution in [0.15, 0.2) is 29.3 Å². The summed E-state index contributed by atoms with van der Waals surface area (Å²) in [6.45, 7) is 6.49. The lowest BCUT2D eigenvalue weighted by Crippen LogP contribution is -2.40. The van der Waals surface area contributed by atoms with Crippen LogP contribution < -0.4 is 5.32 Å². The van der Waals surface area contributed by atoms with E-state index >= 15 is 0 Å². The lowest BCUT2D eigenvalue weighted by molar-refractivity contribution is -0.145. The van der Waals surface area contributed by atoms with Gasteiger partial charge in [0, 0.05) is 19.6 Å². The zero-order valence-corrected chi connectivity index (χ0v) is 16.6. The van der Waals surface area contributed by atoms with E-state index < -0.39 is 0 Å². The van der Waals surface area contributed by atoms with Crippen LogP contribution >= 0.6 is 24.0 Å². The number of guanidine groups is 1. The number of ether oxygens (including phenoxy) is 1. The number of likely N-dealkylation sites (tertiary alicyclic amines) is 1. The van der Waals surface area contributed by atoms with Gasteiger partial charge in [-0.2, -0.15) is 0 Å². The number of methoxy groups -OCH3 is 1. The first-order chi connectivity index (χ1) is 11.0. The molecule has 24 heavy (non-hydrogen) atoms. The molecule has 2 unspecified atom stereocenters. The number of hydrogen-bond donors (Lipinski definition) is 1. The van der Waals surface area contributed by atoms with Gasteiger partial charge in [0.2, 0.25) is 0 Å². The zero-order chi connectivity index (χ0) is 16.8. The highest BCUT2D eigenvalue weighted by Crippen LogP contribution is 2.24. The average Bonchev–Trinajstić information content (AvgIpc) is 2.92. The summed E-state index contributed by atoms with van der Waals surface area (Å²) in [4.78, 5) is 18.5. The first-order valence-electron chi connectivity index (χ1n) is 7.90. The number of hydrogen-bond acceptors (Lipinski definition) is 3. The van der Waals surface area contributed by atoms with Crippen LogP contribution in [0.5, 0.6) is 0 Å². The second kappa shape index (κ2) is 9.80. The van der Waals surface area contributed by atoms with Gasteiger partial charge < -0.3 is 15.0 Å². The fourth-order valence-corrected chi connectivity index (χ4v) is 2.83. The van der Waals surface area contributed by atoms with Crippen molar-refractivity contribution in [3.8, 4) is 0 Å². The number of esters is 1. The monoisotopic (exact) mass is 449 g/mol. The zero-order valence-electron chi connectivity index (χ0n) is 14.3. The molecule has 0 spiro atoms. The summed E-state index contributed by atoms with van der Waals surface area (Å²) in [6, 6.07) is 6.43. The maximum atomic E-state index is 13.2. The molecule has 2 rings (SSSR count). The predicted molar refractivity (Wildman–Crippen MR) is 103 cm³/mol. The molecule has 1 N–H and O–H groups in total. The molecule has 0 radical (unpaired) electrons. The van der Waals surface area contributed by atoms with E-state index in [4.69, 9.17) is 4.74 Å². The fraction of sp³-hybridized carbons (Fsp3) is 0.529. The molecule has 1 aliphatic rings. The molecule has 2 atom stereocenters. The third kappa shape index (κ3) is 5.32. The molecule has 0 amide bonds. The van der Waals surface area contributed by atoms with Crippen LogP contribution in [-0.4, -0.2) is 43.6 Å². The van der Waals surface area contributed by atoms with E-state index in [0.29, 0.717) is 13.1 Å². The van der Waals surface area contributed by atoms with Crippen molar-refractivity contribution in [2.75, 3.05) is 26.7 Å². The Hall–Kier alpha value is -1.38. The van der Waals surface area contributed by atoms with Crippen LogP contribution in [0.4, 0.5) is 4.39 Å². The van der Waals surface area contributed by atoms with Gasteiger partial charge in [0.1, 0.15) is 5.82 Å². The van der Waals surface area contributed by atoms with E-state index in [1.807, 2.05) is 19.9 Å². The third-order valence-electron chi connectivity index (χ3n) is 4.05. The minimum absolute atomic E-state index is 0. The Kier molecular flexibility index (Phi) is 8.44. The van der Waals surface area contributed by atoms with Crippen molar-refractivity contribution >= 4 is 35.9 Å². The van der Waals surface area contributed by atoms with Crippen LogP contribution in [0.25, 0.3) is 0 Å². The molecular formula is C17H25FIN3O2. The van der Waals surface area contributed by atoms with Crippen LogP contribution in [0.2, 0.25) is 0 Å². The van der Waals surface area contributed by atoms with E-state index in [-0.39, 0.29) is 47.6 Å². The maximum absolute atomic E-state index is 13.2. The molecule has 1 heterocycles. The number of rotatable bonds is 4. The van der Waals surface area contributed by atoms with Crippen LogP contribution in [0, 0.1) is 17.7 Å². The summed E-state index contributed by atoms with van der Waals surface area (Å²) in [6.07, 6.45) is 0. The van der Waals surface area contributed by atoms with Gasteiger partial charge in [-0.1, -0.05) is 19.1 Å². The molecule has 1 aromatic carbocycles. The topological polar surface area (TPSA) is 53.9 Å². The van der Waals surface area contributed by atoms with E-state index in [2.05, 4.69) is 15.2 Å². The predicted octanol–water partition coefficient (Wildman–Crippen LogP) is 2.65. The fourth-order valence-electron chi connectivity index (χ4n) is 2.83. The molecule has 1 saturated heterocycles. The Bertz CT molecular complexity index is 583. The van der Waals surface area contributed by atoms with Crippen molar-refractivity contribution < 1.29 is 13.9 Å². The maximum Gasteiger partial charge on any atom is 0.310 e. The Balaban J connectivity index is 0.00000288. The summed E-state index contributed by atoms with van der Waals surface area (Å²) in [5.41, 5.74) is 0.817. The van der Waals surface area contributed by atoms with E-state index in [0.717, 1.165) is 24.6 Å². The average molecular weight is 449 g/mol. The minimum atomic E-state index is -0.261. The smallest absolute Gasteiger partial charge is 0.310 e. The van der Waals surface area contributed by atoms with Gasteiger partial charge >= 0.3 is 5.97 Å². The van der Waals surface area contributed by atoms with Crippen molar-refractivity contribution in [2.45, 2.75) is 20.4 Å². The van der Waals surface area contributed by atoms with Gasteiger partial charge in [0.15, 0.2) is 5.96 Å². The summed E-state index contributed by atoms with van der Waals surface area (Å²) >= 11 is 0. The third-order valence-corrected chi connectivity index (χ3v) is 4.05.